The van der Waals surface area contributed by atoms with Crippen LogP contribution in [-0.4, -0.2) is 81.2 Å². The number of carbonyl (C=O) groups is 2. The molecule has 3 fully saturated rings. The van der Waals surface area contributed by atoms with Crippen LogP contribution in [0.2, 0.25) is 0 Å². The molecule has 1 unspecified atom stereocenters. The van der Waals surface area contributed by atoms with Crippen LogP contribution in [0, 0.1) is 0 Å². The second-order valence-corrected chi connectivity index (χ2v) is 9.42. The number of nitrogens with zero attached hydrogens (tertiary/aromatic N) is 3. The second kappa shape index (κ2) is 7.71. The molecule has 8 nitrogen and oxygen atoms in total. The zero-order valence-electron chi connectivity index (χ0n) is 15.7. The molecule has 3 heterocycles. The Morgan fingerprint density at radius 1 is 1.00 bits per heavy atom. The molecule has 1 aromatic rings. The Labute approximate surface area is 165 Å². The molecule has 1 aromatic carbocycles. The number of hydrogen-bond donors (Lipinski definition) is 0. The van der Waals surface area contributed by atoms with E-state index < -0.39 is 10.0 Å². The molecule has 4 rings (SSSR count). The molecule has 152 valence electrons. The van der Waals surface area contributed by atoms with Gasteiger partial charge in [-0.05, 0) is 37.5 Å². The van der Waals surface area contributed by atoms with Gasteiger partial charge in [0.15, 0.2) is 0 Å². The van der Waals surface area contributed by atoms with Gasteiger partial charge in [-0.3, -0.25) is 13.9 Å². The van der Waals surface area contributed by atoms with Crippen molar-refractivity contribution in [2.24, 2.45) is 0 Å². The van der Waals surface area contributed by atoms with Gasteiger partial charge in [0.1, 0.15) is 6.10 Å². The van der Waals surface area contributed by atoms with Crippen molar-refractivity contribution in [2.45, 2.75) is 25.4 Å². The maximum Gasteiger partial charge on any atom is 0.254 e. The maximum atomic E-state index is 12.9. The molecular weight excluding hydrogens is 382 g/mol. The van der Waals surface area contributed by atoms with Crippen molar-refractivity contribution in [1.29, 1.82) is 0 Å². The summed E-state index contributed by atoms with van der Waals surface area (Å²) in [6, 6.07) is 6.79. The Bertz CT molecular complexity index is 858. The molecule has 0 aliphatic carbocycles. The minimum atomic E-state index is -3.28. The maximum absolute atomic E-state index is 12.9. The predicted octanol–water partition coefficient (Wildman–Crippen LogP) is 0.690. The van der Waals surface area contributed by atoms with Crippen LogP contribution in [0.15, 0.2) is 24.3 Å². The number of sulfonamides is 1. The average molecular weight is 407 g/mol. The van der Waals surface area contributed by atoms with Crippen molar-refractivity contribution in [1.82, 2.24) is 9.80 Å². The molecule has 0 radical (unpaired) electrons. The van der Waals surface area contributed by atoms with Gasteiger partial charge < -0.3 is 14.5 Å². The fourth-order valence-corrected chi connectivity index (χ4v) is 5.57. The molecule has 3 aliphatic heterocycles. The minimum absolute atomic E-state index is 0.0193. The number of hydrogen-bond acceptors (Lipinski definition) is 5. The van der Waals surface area contributed by atoms with Gasteiger partial charge in [-0.15, -0.1) is 0 Å². The summed E-state index contributed by atoms with van der Waals surface area (Å²) >= 11 is 0. The third-order valence-electron chi connectivity index (χ3n) is 5.56. The highest BCUT2D eigenvalue weighted by Crippen LogP contribution is 2.25. The van der Waals surface area contributed by atoms with E-state index in [4.69, 9.17) is 4.74 Å². The highest BCUT2D eigenvalue weighted by Gasteiger charge is 2.32. The van der Waals surface area contributed by atoms with E-state index >= 15 is 0 Å². The Morgan fingerprint density at radius 3 is 2.39 bits per heavy atom. The zero-order valence-corrected chi connectivity index (χ0v) is 16.6. The van der Waals surface area contributed by atoms with Crippen molar-refractivity contribution in [3.05, 3.63) is 29.8 Å². The van der Waals surface area contributed by atoms with Gasteiger partial charge in [0, 0.05) is 44.9 Å². The molecule has 1 atom stereocenters. The Balaban J connectivity index is 1.40. The second-order valence-electron chi connectivity index (χ2n) is 7.41. The van der Waals surface area contributed by atoms with E-state index in [1.54, 1.807) is 34.1 Å². The van der Waals surface area contributed by atoms with E-state index in [0.717, 1.165) is 12.8 Å². The number of anilines is 1. The Kier molecular flexibility index (Phi) is 5.29. The number of benzene rings is 1. The monoisotopic (exact) mass is 407 g/mol. The van der Waals surface area contributed by atoms with Crippen LogP contribution in [-0.2, 0) is 19.6 Å². The van der Waals surface area contributed by atoms with E-state index in [-0.39, 0.29) is 23.7 Å². The van der Waals surface area contributed by atoms with Crippen LogP contribution < -0.4 is 4.31 Å². The number of rotatable bonds is 3. The Morgan fingerprint density at radius 2 is 1.75 bits per heavy atom. The molecule has 0 aromatic heterocycles. The third-order valence-corrected chi connectivity index (χ3v) is 7.43. The number of ether oxygens (including phenoxy) is 1. The number of carbonyl (C=O) groups excluding carboxylic acids is 2. The van der Waals surface area contributed by atoms with Crippen LogP contribution in [0.5, 0.6) is 0 Å². The standard InChI is InChI=1S/C19H25N3O5S/c23-18(15-4-1-5-16(14-15)22-7-3-13-28(22,25)26)20-8-10-21(11-9-20)19(24)17-6-2-12-27-17/h1,4-5,14,17H,2-3,6-13H2. The smallest absolute Gasteiger partial charge is 0.254 e. The van der Waals surface area contributed by atoms with Gasteiger partial charge in [-0.1, -0.05) is 6.07 Å². The normalized spacial score (nSPS) is 24.6. The largest absolute Gasteiger partial charge is 0.368 e. The van der Waals surface area contributed by atoms with E-state index in [1.165, 1.54) is 4.31 Å². The molecule has 0 spiro atoms. The van der Waals surface area contributed by atoms with Gasteiger partial charge in [-0.25, -0.2) is 8.42 Å². The first-order valence-electron chi connectivity index (χ1n) is 9.76. The molecule has 3 aliphatic rings. The van der Waals surface area contributed by atoms with Crippen LogP contribution in [0.25, 0.3) is 0 Å². The number of amides is 2. The summed E-state index contributed by atoms with van der Waals surface area (Å²) in [7, 11) is -3.28. The van der Waals surface area contributed by atoms with Gasteiger partial charge in [-0.2, -0.15) is 0 Å². The summed E-state index contributed by atoms with van der Waals surface area (Å²) in [6.45, 7) is 2.99. The third kappa shape index (κ3) is 3.73. The van der Waals surface area contributed by atoms with Crippen LogP contribution in [0.4, 0.5) is 5.69 Å². The van der Waals surface area contributed by atoms with Crippen molar-refractivity contribution in [3.63, 3.8) is 0 Å². The van der Waals surface area contributed by atoms with Gasteiger partial charge in [0.2, 0.25) is 10.0 Å². The zero-order chi connectivity index (χ0) is 19.7. The van der Waals surface area contributed by atoms with Gasteiger partial charge in [0.05, 0.1) is 11.4 Å². The van der Waals surface area contributed by atoms with Crippen LogP contribution >= 0.6 is 0 Å². The molecule has 0 bridgehead atoms. The minimum Gasteiger partial charge on any atom is -0.368 e. The summed E-state index contributed by atoms with van der Waals surface area (Å²) < 4.78 is 31.1. The SMILES string of the molecule is O=C(c1cccc(N2CCCS2(=O)=O)c1)N1CCN(C(=O)C2CCCO2)CC1. The number of piperazine rings is 1. The van der Waals surface area contributed by atoms with Crippen molar-refractivity contribution in [3.8, 4) is 0 Å². The lowest BCUT2D eigenvalue weighted by Crippen LogP contribution is -2.52. The van der Waals surface area contributed by atoms with Crippen molar-refractivity contribution < 1.29 is 22.7 Å². The molecule has 28 heavy (non-hydrogen) atoms. The van der Waals surface area contributed by atoms with E-state index in [2.05, 4.69) is 0 Å². The molecule has 9 heteroatoms. The van der Waals surface area contributed by atoms with Gasteiger partial charge in [0.25, 0.3) is 11.8 Å². The highest BCUT2D eigenvalue weighted by atomic mass is 32.2. The first kappa shape index (κ1) is 19.2. The fraction of sp³-hybridized carbons (Fsp3) is 0.579. The summed E-state index contributed by atoms with van der Waals surface area (Å²) in [5, 5.41) is 0. The summed E-state index contributed by atoms with van der Waals surface area (Å²) in [6.07, 6.45) is 1.95. The van der Waals surface area contributed by atoms with E-state index in [9.17, 15) is 18.0 Å². The summed E-state index contributed by atoms with van der Waals surface area (Å²) in [4.78, 5) is 28.8. The lowest BCUT2D eigenvalue weighted by molar-refractivity contribution is -0.142. The molecule has 0 saturated carbocycles. The van der Waals surface area contributed by atoms with Crippen LogP contribution in [0.1, 0.15) is 29.6 Å². The summed E-state index contributed by atoms with van der Waals surface area (Å²) in [5.74, 6) is 0.0276. The van der Waals surface area contributed by atoms with E-state index in [0.29, 0.717) is 57.0 Å². The average Bonchev–Trinajstić information content (AvgIpc) is 3.36. The first-order chi connectivity index (χ1) is 13.5. The fourth-order valence-electron chi connectivity index (χ4n) is 4.01. The van der Waals surface area contributed by atoms with Crippen molar-refractivity contribution >= 4 is 27.5 Å². The van der Waals surface area contributed by atoms with E-state index in [1.807, 2.05) is 0 Å². The lowest BCUT2D eigenvalue weighted by atomic mass is 10.1. The highest BCUT2D eigenvalue weighted by molar-refractivity contribution is 7.93. The Hall–Kier alpha value is -2.13. The van der Waals surface area contributed by atoms with Gasteiger partial charge >= 0.3 is 0 Å². The summed E-state index contributed by atoms with van der Waals surface area (Å²) in [5.41, 5.74) is 1.01. The topological polar surface area (TPSA) is 87.2 Å². The lowest BCUT2D eigenvalue weighted by Gasteiger charge is -2.35. The molecule has 2 amide bonds. The first-order valence-corrected chi connectivity index (χ1v) is 11.4. The van der Waals surface area contributed by atoms with Crippen molar-refractivity contribution in [2.75, 3.05) is 49.4 Å². The molecule has 3 saturated heterocycles. The van der Waals surface area contributed by atoms with Crippen LogP contribution in [0.3, 0.4) is 0 Å². The quantitative estimate of drug-likeness (QED) is 0.736. The molecule has 0 N–H and O–H groups in total. The predicted molar refractivity (Wildman–Crippen MR) is 104 cm³/mol. The molecular formula is C19H25N3O5S.